The van der Waals surface area contributed by atoms with E-state index in [1.165, 1.54) is 6.07 Å². The van der Waals surface area contributed by atoms with E-state index in [9.17, 15) is 4.79 Å². The number of rotatable bonds is 4. The van der Waals surface area contributed by atoms with E-state index in [2.05, 4.69) is 15.5 Å². The second-order valence-corrected chi connectivity index (χ2v) is 4.60. The van der Waals surface area contributed by atoms with Crippen molar-refractivity contribution in [3.8, 4) is 0 Å². The van der Waals surface area contributed by atoms with Crippen LogP contribution in [0.15, 0.2) is 30.3 Å². The van der Waals surface area contributed by atoms with Crippen LogP contribution in [-0.2, 0) is 6.54 Å². The minimum atomic E-state index is -0.664. The van der Waals surface area contributed by atoms with E-state index in [0.29, 0.717) is 17.3 Å². The lowest BCUT2D eigenvalue weighted by atomic mass is 10.2. The Morgan fingerprint density at radius 3 is 2.53 bits per heavy atom. The van der Waals surface area contributed by atoms with E-state index in [1.807, 2.05) is 12.1 Å². The Bertz CT molecular complexity index is 601. The Morgan fingerprint density at radius 2 is 1.89 bits per heavy atom. The molecule has 98 valence electrons. The van der Waals surface area contributed by atoms with Crippen LogP contribution in [0.4, 0.5) is 5.69 Å². The number of amides is 1. The van der Waals surface area contributed by atoms with Crippen molar-refractivity contribution in [3.05, 3.63) is 51.8 Å². The van der Waals surface area contributed by atoms with Gasteiger partial charge in [0, 0.05) is 17.6 Å². The highest BCUT2D eigenvalue weighted by atomic mass is 35.5. The minimum Gasteiger partial charge on any atom is -0.379 e. The Labute approximate surface area is 119 Å². The molecule has 0 aliphatic heterocycles. The molecule has 19 heavy (non-hydrogen) atoms. The van der Waals surface area contributed by atoms with Gasteiger partial charge in [0.25, 0.3) is 5.91 Å². The number of nitrogens with zero attached hydrogens (tertiary/aromatic N) is 2. The van der Waals surface area contributed by atoms with Crippen LogP contribution in [0.2, 0.25) is 10.2 Å². The zero-order chi connectivity index (χ0) is 13.8. The van der Waals surface area contributed by atoms with Gasteiger partial charge in [0.05, 0.1) is 5.69 Å². The van der Waals surface area contributed by atoms with Gasteiger partial charge >= 0.3 is 0 Å². The van der Waals surface area contributed by atoms with Crippen LogP contribution in [0.3, 0.4) is 0 Å². The molecule has 0 radical (unpaired) electrons. The van der Waals surface area contributed by atoms with Crippen molar-refractivity contribution in [3.63, 3.8) is 0 Å². The average Bonchev–Trinajstić information content (AvgIpc) is 2.38. The topological polar surface area (TPSA) is 80.9 Å². The van der Waals surface area contributed by atoms with E-state index >= 15 is 0 Å². The fourth-order valence-electron chi connectivity index (χ4n) is 1.48. The third kappa shape index (κ3) is 3.56. The molecule has 0 fully saturated rings. The summed E-state index contributed by atoms with van der Waals surface area (Å²) in [6, 6.07) is 8.81. The molecule has 1 amide bonds. The Hall–Kier alpha value is -1.85. The number of nitrogens with one attached hydrogen (secondary N) is 1. The third-order valence-electron chi connectivity index (χ3n) is 2.39. The number of nitrogens with two attached hydrogens (primary N) is 1. The molecular weight excluding hydrogens is 287 g/mol. The standard InChI is InChI=1S/C12H10Cl2N4O/c13-8-3-1-7(2-4-8)6-16-9-5-10(14)17-18-11(9)12(15)19/h1-5H,6H2,(H2,15,19)(H,16,17). The molecule has 0 spiro atoms. The maximum Gasteiger partial charge on any atom is 0.271 e. The second-order valence-electron chi connectivity index (χ2n) is 3.77. The van der Waals surface area contributed by atoms with Gasteiger partial charge in [-0.15, -0.1) is 10.2 Å². The average molecular weight is 297 g/mol. The van der Waals surface area contributed by atoms with Gasteiger partial charge in [0.2, 0.25) is 0 Å². The predicted octanol–water partition coefficient (Wildman–Crippen LogP) is 2.49. The first-order chi connectivity index (χ1) is 9.06. The molecule has 1 aromatic carbocycles. The fraction of sp³-hybridized carbons (Fsp3) is 0.0833. The van der Waals surface area contributed by atoms with Crippen molar-refractivity contribution in [1.82, 2.24) is 10.2 Å². The van der Waals surface area contributed by atoms with Gasteiger partial charge in [-0.3, -0.25) is 4.79 Å². The van der Waals surface area contributed by atoms with Crippen LogP contribution in [0.5, 0.6) is 0 Å². The first-order valence-corrected chi connectivity index (χ1v) is 6.13. The zero-order valence-corrected chi connectivity index (χ0v) is 11.2. The highest BCUT2D eigenvalue weighted by molar-refractivity contribution is 6.30. The highest BCUT2D eigenvalue weighted by Crippen LogP contribution is 2.17. The third-order valence-corrected chi connectivity index (χ3v) is 2.83. The number of anilines is 1. The smallest absolute Gasteiger partial charge is 0.271 e. The molecule has 0 unspecified atom stereocenters. The summed E-state index contributed by atoms with van der Waals surface area (Å²) >= 11 is 11.5. The van der Waals surface area contributed by atoms with Crippen LogP contribution in [0, 0.1) is 0 Å². The number of benzene rings is 1. The molecule has 1 aromatic heterocycles. The summed E-state index contributed by atoms with van der Waals surface area (Å²) < 4.78 is 0. The number of primary amides is 1. The number of carbonyl (C=O) groups is 1. The molecule has 0 aliphatic rings. The van der Waals surface area contributed by atoms with Crippen LogP contribution in [0.1, 0.15) is 16.1 Å². The van der Waals surface area contributed by atoms with Gasteiger partial charge < -0.3 is 11.1 Å². The van der Waals surface area contributed by atoms with Gasteiger partial charge in [-0.1, -0.05) is 35.3 Å². The van der Waals surface area contributed by atoms with Gasteiger partial charge in [-0.25, -0.2) is 0 Å². The number of halogens is 2. The zero-order valence-electron chi connectivity index (χ0n) is 9.73. The van der Waals surface area contributed by atoms with Gasteiger partial charge in [0.1, 0.15) is 0 Å². The maximum atomic E-state index is 11.2. The van der Waals surface area contributed by atoms with Gasteiger partial charge in [0.15, 0.2) is 10.8 Å². The number of aromatic nitrogens is 2. The quantitative estimate of drug-likeness (QED) is 0.908. The summed E-state index contributed by atoms with van der Waals surface area (Å²) in [6.07, 6.45) is 0. The summed E-state index contributed by atoms with van der Waals surface area (Å²) in [5.74, 6) is -0.664. The highest BCUT2D eigenvalue weighted by Gasteiger charge is 2.11. The largest absolute Gasteiger partial charge is 0.379 e. The van der Waals surface area contributed by atoms with Crippen LogP contribution in [0.25, 0.3) is 0 Å². The van der Waals surface area contributed by atoms with Crippen molar-refractivity contribution in [2.45, 2.75) is 6.54 Å². The molecular formula is C12H10Cl2N4O. The molecule has 3 N–H and O–H groups in total. The SMILES string of the molecule is NC(=O)c1nnc(Cl)cc1NCc1ccc(Cl)cc1. The molecule has 0 atom stereocenters. The van der Waals surface area contributed by atoms with E-state index in [-0.39, 0.29) is 10.8 Å². The Morgan fingerprint density at radius 1 is 1.21 bits per heavy atom. The van der Waals surface area contributed by atoms with E-state index in [1.54, 1.807) is 12.1 Å². The van der Waals surface area contributed by atoms with Gasteiger partial charge in [-0.2, -0.15) is 0 Å². The molecule has 7 heteroatoms. The molecule has 0 aliphatic carbocycles. The predicted molar refractivity (Wildman–Crippen MR) is 74.3 cm³/mol. The lowest BCUT2D eigenvalue weighted by Gasteiger charge is -2.09. The lowest BCUT2D eigenvalue weighted by molar-refractivity contribution is 0.0995. The first kappa shape index (κ1) is 13.6. The molecule has 1 heterocycles. The van der Waals surface area contributed by atoms with Crippen LogP contribution >= 0.6 is 23.2 Å². The first-order valence-electron chi connectivity index (χ1n) is 5.37. The molecule has 0 saturated carbocycles. The lowest BCUT2D eigenvalue weighted by Crippen LogP contribution is -2.17. The summed E-state index contributed by atoms with van der Waals surface area (Å²) in [5, 5.41) is 11.1. The van der Waals surface area contributed by atoms with Crippen molar-refractivity contribution in [1.29, 1.82) is 0 Å². The number of hydrogen-bond donors (Lipinski definition) is 2. The van der Waals surface area contributed by atoms with Crippen molar-refractivity contribution in [2.75, 3.05) is 5.32 Å². The Balaban J connectivity index is 2.16. The molecule has 2 rings (SSSR count). The molecule has 0 saturated heterocycles. The second kappa shape index (κ2) is 5.86. The summed E-state index contributed by atoms with van der Waals surface area (Å²) in [5.41, 5.74) is 6.71. The summed E-state index contributed by atoms with van der Waals surface area (Å²) in [4.78, 5) is 11.2. The van der Waals surface area contributed by atoms with Crippen molar-refractivity contribution >= 4 is 34.8 Å². The summed E-state index contributed by atoms with van der Waals surface area (Å²) in [7, 11) is 0. The molecule has 2 aromatic rings. The van der Waals surface area contributed by atoms with Gasteiger partial charge in [-0.05, 0) is 17.7 Å². The molecule has 0 bridgehead atoms. The number of carbonyl (C=O) groups excluding carboxylic acids is 1. The maximum absolute atomic E-state index is 11.2. The summed E-state index contributed by atoms with van der Waals surface area (Å²) in [6.45, 7) is 0.486. The molecule has 5 nitrogen and oxygen atoms in total. The normalized spacial score (nSPS) is 10.2. The fourth-order valence-corrected chi connectivity index (χ4v) is 1.76. The monoisotopic (exact) mass is 296 g/mol. The van der Waals surface area contributed by atoms with E-state index in [0.717, 1.165) is 5.56 Å². The van der Waals surface area contributed by atoms with Crippen LogP contribution < -0.4 is 11.1 Å². The van der Waals surface area contributed by atoms with Crippen molar-refractivity contribution < 1.29 is 4.79 Å². The Kier molecular flexibility index (Phi) is 4.19. The minimum absolute atomic E-state index is 0.0540. The van der Waals surface area contributed by atoms with E-state index < -0.39 is 5.91 Å². The number of hydrogen-bond acceptors (Lipinski definition) is 4. The van der Waals surface area contributed by atoms with Crippen molar-refractivity contribution in [2.24, 2.45) is 5.73 Å². The van der Waals surface area contributed by atoms with E-state index in [4.69, 9.17) is 28.9 Å². The van der Waals surface area contributed by atoms with Crippen LogP contribution in [-0.4, -0.2) is 16.1 Å².